The highest BCUT2D eigenvalue weighted by Gasteiger charge is 2.43. The summed E-state index contributed by atoms with van der Waals surface area (Å²) in [5, 5.41) is 0. The molecular weight excluding hydrogens is 370 g/mol. The first kappa shape index (κ1) is 23.8. The quantitative estimate of drug-likeness (QED) is 0.506. The molecule has 0 bridgehead atoms. The fraction of sp³-hybridized carbons (Fsp3) is 0.842. The normalized spacial score (nSPS) is 20.4. The lowest BCUT2D eigenvalue weighted by atomic mass is 10.2. The summed E-state index contributed by atoms with van der Waals surface area (Å²) >= 11 is 0. The van der Waals surface area contributed by atoms with Gasteiger partial charge in [-0.15, -0.1) is 0 Å². The minimum atomic E-state index is -0.915. The average molecular weight is 403 g/mol. The minimum Gasteiger partial charge on any atom is -0.444 e. The van der Waals surface area contributed by atoms with Gasteiger partial charge in [0.2, 0.25) is 0 Å². The first-order valence-electron chi connectivity index (χ1n) is 9.22. The lowest BCUT2D eigenvalue weighted by Crippen LogP contribution is -2.37. The van der Waals surface area contributed by atoms with Crippen molar-refractivity contribution in [3.63, 3.8) is 0 Å². The van der Waals surface area contributed by atoms with Crippen molar-refractivity contribution in [2.45, 2.75) is 91.3 Å². The van der Waals surface area contributed by atoms with Crippen molar-refractivity contribution < 1.29 is 38.1 Å². The molecule has 9 nitrogen and oxygen atoms in total. The number of rotatable bonds is 2. The predicted molar refractivity (Wildman–Crippen MR) is 100 cm³/mol. The molecule has 0 aromatic carbocycles. The summed E-state index contributed by atoms with van der Waals surface area (Å²) in [6.45, 7) is 15.4. The summed E-state index contributed by atoms with van der Waals surface area (Å²) in [4.78, 5) is 37.7. The van der Waals surface area contributed by atoms with Crippen molar-refractivity contribution in [2.75, 3.05) is 13.1 Å². The van der Waals surface area contributed by atoms with E-state index in [2.05, 4.69) is 0 Å². The van der Waals surface area contributed by atoms with Crippen LogP contribution in [-0.2, 0) is 23.7 Å². The Morgan fingerprint density at radius 3 is 1.25 bits per heavy atom. The smallest absolute Gasteiger partial charge is 0.444 e. The second-order valence-electron chi connectivity index (χ2n) is 9.63. The molecular formula is C19H33NO8. The third-order valence-electron chi connectivity index (χ3n) is 3.14. The number of hydrogen-bond donors (Lipinski definition) is 0. The van der Waals surface area contributed by atoms with E-state index < -0.39 is 47.4 Å². The lowest BCUT2D eigenvalue weighted by Gasteiger charge is -2.24. The Bertz CT molecular complexity index is 544. The molecule has 1 heterocycles. The molecule has 0 unspecified atom stereocenters. The van der Waals surface area contributed by atoms with Crippen LogP contribution in [0.1, 0.15) is 62.3 Å². The average Bonchev–Trinajstić information content (AvgIpc) is 2.75. The maximum absolute atomic E-state index is 12.3. The van der Waals surface area contributed by atoms with Crippen molar-refractivity contribution in [3.05, 3.63) is 0 Å². The van der Waals surface area contributed by atoms with Gasteiger partial charge in [-0.1, -0.05) is 0 Å². The second kappa shape index (κ2) is 8.45. The van der Waals surface area contributed by atoms with E-state index >= 15 is 0 Å². The molecule has 1 aliphatic heterocycles. The van der Waals surface area contributed by atoms with Crippen LogP contribution < -0.4 is 0 Å². The van der Waals surface area contributed by atoms with E-state index in [0.717, 1.165) is 0 Å². The number of carbonyl (C=O) groups is 3. The molecule has 1 saturated heterocycles. The number of hydrogen-bond acceptors (Lipinski definition) is 8. The first-order chi connectivity index (χ1) is 12.5. The summed E-state index contributed by atoms with van der Waals surface area (Å²) in [5.41, 5.74) is -2.19. The molecule has 0 saturated carbocycles. The summed E-state index contributed by atoms with van der Waals surface area (Å²) in [5.74, 6) is 0. The topological polar surface area (TPSA) is 101 Å². The van der Waals surface area contributed by atoms with Gasteiger partial charge in [0.05, 0.1) is 13.1 Å². The van der Waals surface area contributed by atoms with Crippen LogP contribution >= 0.6 is 0 Å². The van der Waals surface area contributed by atoms with Crippen molar-refractivity contribution in [1.29, 1.82) is 0 Å². The summed E-state index contributed by atoms with van der Waals surface area (Å²) < 4.78 is 26.2. The molecule has 162 valence electrons. The highest BCUT2D eigenvalue weighted by atomic mass is 16.8. The second-order valence-corrected chi connectivity index (χ2v) is 9.63. The Morgan fingerprint density at radius 1 is 0.643 bits per heavy atom. The summed E-state index contributed by atoms with van der Waals surface area (Å²) in [6, 6.07) is 0. The van der Waals surface area contributed by atoms with Gasteiger partial charge < -0.3 is 28.6 Å². The fourth-order valence-electron chi connectivity index (χ4n) is 2.24. The number of ether oxygens (including phenoxy) is 5. The van der Waals surface area contributed by atoms with Crippen LogP contribution in [0.3, 0.4) is 0 Å². The van der Waals surface area contributed by atoms with Gasteiger partial charge in [-0.3, -0.25) is 0 Å². The lowest BCUT2D eigenvalue weighted by molar-refractivity contribution is -0.0698. The molecule has 0 N–H and O–H groups in total. The number of amides is 1. The van der Waals surface area contributed by atoms with Crippen molar-refractivity contribution in [1.82, 2.24) is 4.90 Å². The third-order valence-corrected chi connectivity index (χ3v) is 3.14. The van der Waals surface area contributed by atoms with Crippen LogP contribution in [0.5, 0.6) is 0 Å². The van der Waals surface area contributed by atoms with Gasteiger partial charge in [-0.25, -0.2) is 14.4 Å². The van der Waals surface area contributed by atoms with Gasteiger partial charge in [-0.05, 0) is 62.3 Å². The Labute approximate surface area is 166 Å². The monoisotopic (exact) mass is 403 g/mol. The number of nitrogens with zero attached hydrogens (tertiary/aromatic N) is 1. The number of likely N-dealkylation sites (tertiary alicyclic amines) is 1. The zero-order chi connectivity index (χ0) is 21.9. The zero-order valence-electron chi connectivity index (χ0n) is 18.3. The fourth-order valence-corrected chi connectivity index (χ4v) is 2.24. The van der Waals surface area contributed by atoms with Gasteiger partial charge in [0.25, 0.3) is 0 Å². The Balaban J connectivity index is 2.85. The van der Waals surface area contributed by atoms with E-state index in [1.54, 1.807) is 62.3 Å². The van der Waals surface area contributed by atoms with E-state index in [1.165, 1.54) is 4.90 Å². The molecule has 0 aromatic rings. The molecule has 0 aliphatic carbocycles. The molecule has 0 spiro atoms. The van der Waals surface area contributed by atoms with E-state index in [1.807, 2.05) is 0 Å². The van der Waals surface area contributed by atoms with Crippen molar-refractivity contribution >= 4 is 18.4 Å². The first-order valence-corrected chi connectivity index (χ1v) is 9.22. The Morgan fingerprint density at radius 2 is 0.964 bits per heavy atom. The molecule has 1 rings (SSSR count). The SMILES string of the molecule is CC(C)(C)OC(=O)O[C@H]1CN(C(=O)OC(C)(C)C)C[C@@H]1OC(=O)OC(C)(C)C. The molecule has 9 heteroatoms. The molecule has 28 heavy (non-hydrogen) atoms. The molecule has 2 atom stereocenters. The molecule has 1 fully saturated rings. The predicted octanol–water partition coefficient (Wildman–Crippen LogP) is 3.88. The van der Waals surface area contributed by atoms with Crippen LogP contribution in [0.25, 0.3) is 0 Å². The highest BCUT2D eigenvalue weighted by molar-refractivity contribution is 5.69. The van der Waals surface area contributed by atoms with E-state index in [4.69, 9.17) is 23.7 Å². The Hall–Kier alpha value is -2.19. The summed E-state index contributed by atoms with van der Waals surface area (Å²) in [6.07, 6.45) is -4.24. The number of carbonyl (C=O) groups excluding carboxylic acids is 3. The molecule has 0 aromatic heterocycles. The van der Waals surface area contributed by atoms with Crippen LogP contribution in [0.2, 0.25) is 0 Å². The van der Waals surface area contributed by atoms with Crippen molar-refractivity contribution in [3.8, 4) is 0 Å². The van der Waals surface area contributed by atoms with Crippen LogP contribution in [-0.4, -0.2) is 65.4 Å². The van der Waals surface area contributed by atoms with Gasteiger partial charge in [0.15, 0.2) is 12.2 Å². The Kier molecular flexibility index (Phi) is 7.19. The molecule has 1 amide bonds. The zero-order valence-corrected chi connectivity index (χ0v) is 18.3. The van der Waals surface area contributed by atoms with Gasteiger partial charge in [0, 0.05) is 0 Å². The largest absolute Gasteiger partial charge is 0.509 e. The van der Waals surface area contributed by atoms with Gasteiger partial charge in [0.1, 0.15) is 16.8 Å². The van der Waals surface area contributed by atoms with Crippen LogP contribution in [0.4, 0.5) is 14.4 Å². The molecule has 1 aliphatic rings. The van der Waals surface area contributed by atoms with E-state index in [9.17, 15) is 14.4 Å². The summed E-state index contributed by atoms with van der Waals surface area (Å²) in [7, 11) is 0. The standard InChI is InChI=1S/C19H33NO8/c1-17(2,3)26-14(21)20-10-12(24-15(22)27-18(4,5)6)13(11-20)25-16(23)28-19(7,8)9/h12-13H,10-11H2,1-9H3/t12-,13-/m0/s1. The van der Waals surface area contributed by atoms with Crippen molar-refractivity contribution in [2.24, 2.45) is 0 Å². The van der Waals surface area contributed by atoms with Gasteiger partial charge in [-0.2, -0.15) is 0 Å². The van der Waals surface area contributed by atoms with Crippen LogP contribution in [0.15, 0.2) is 0 Å². The van der Waals surface area contributed by atoms with E-state index in [0.29, 0.717) is 0 Å². The third kappa shape index (κ3) is 9.14. The highest BCUT2D eigenvalue weighted by Crippen LogP contribution is 2.23. The molecule has 0 radical (unpaired) electrons. The maximum Gasteiger partial charge on any atom is 0.509 e. The minimum absolute atomic E-state index is 0.00161. The maximum atomic E-state index is 12.3. The van der Waals surface area contributed by atoms with Gasteiger partial charge >= 0.3 is 18.4 Å². The van der Waals surface area contributed by atoms with Crippen LogP contribution in [0, 0.1) is 0 Å². The van der Waals surface area contributed by atoms with E-state index in [-0.39, 0.29) is 13.1 Å².